The number of ether oxygens (including phenoxy) is 1. The molecule has 0 N–H and O–H groups in total. The second-order valence-corrected chi connectivity index (χ2v) is 6.00. The highest BCUT2D eigenvalue weighted by Crippen LogP contribution is 2.16. The van der Waals surface area contributed by atoms with Crippen molar-refractivity contribution in [1.29, 1.82) is 0 Å². The zero-order valence-corrected chi connectivity index (χ0v) is 14.7. The lowest BCUT2D eigenvalue weighted by molar-refractivity contribution is 0.0734. The molecular formula is C23H17FO3. The van der Waals surface area contributed by atoms with Gasteiger partial charge in [0.05, 0.1) is 5.56 Å². The highest BCUT2D eigenvalue weighted by Gasteiger charge is 2.09. The van der Waals surface area contributed by atoms with E-state index in [0.29, 0.717) is 22.4 Å². The minimum absolute atomic E-state index is 0.269. The molecule has 0 amide bonds. The summed E-state index contributed by atoms with van der Waals surface area (Å²) in [6.07, 6.45) is 2.74. The Morgan fingerprint density at radius 3 is 2.15 bits per heavy atom. The van der Waals surface area contributed by atoms with Crippen LogP contribution in [0.4, 0.5) is 4.39 Å². The molecule has 0 radical (unpaired) electrons. The number of hydrogen-bond acceptors (Lipinski definition) is 3. The van der Waals surface area contributed by atoms with Crippen molar-refractivity contribution in [3.05, 3.63) is 107 Å². The second kappa shape index (κ2) is 8.23. The van der Waals surface area contributed by atoms with E-state index < -0.39 is 5.97 Å². The first-order valence-electron chi connectivity index (χ1n) is 8.39. The standard InChI is InChI=1S/C23H17FO3/c1-16-6-8-19(9-7-16)23(26)27-20-13-10-18(11-14-20)22(25)15-12-17-4-2-3-5-21(17)24/h2-15H,1H3/b15-12+. The minimum Gasteiger partial charge on any atom is -0.423 e. The summed E-state index contributed by atoms with van der Waals surface area (Å²) in [4.78, 5) is 24.3. The van der Waals surface area contributed by atoms with Crippen LogP contribution in [0.15, 0.2) is 78.9 Å². The predicted molar refractivity (Wildman–Crippen MR) is 102 cm³/mol. The van der Waals surface area contributed by atoms with E-state index in [9.17, 15) is 14.0 Å². The number of carbonyl (C=O) groups excluding carboxylic acids is 2. The van der Waals surface area contributed by atoms with Crippen molar-refractivity contribution in [2.45, 2.75) is 6.92 Å². The molecule has 0 spiro atoms. The van der Waals surface area contributed by atoms with Gasteiger partial charge in [-0.1, -0.05) is 35.9 Å². The van der Waals surface area contributed by atoms with E-state index in [0.717, 1.165) is 5.56 Å². The predicted octanol–water partition coefficient (Wildman–Crippen LogP) is 5.25. The van der Waals surface area contributed by atoms with E-state index in [1.807, 2.05) is 19.1 Å². The molecule has 0 saturated carbocycles. The van der Waals surface area contributed by atoms with Gasteiger partial charge in [0, 0.05) is 11.1 Å². The van der Waals surface area contributed by atoms with Crippen molar-refractivity contribution in [3.63, 3.8) is 0 Å². The first kappa shape index (κ1) is 18.3. The number of aryl methyl sites for hydroxylation is 1. The van der Waals surface area contributed by atoms with Crippen molar-refractivity contribution >= 4 is 17.8 Å². The average Bonchev–Trinajstić information content (AvgIpc) is 2.68. The van der Waals surface area contributed by atoms with Gasteiger partial charge in [0.15, 0.2) is 5.78 Å². The van der Waals surface area contributed by atoms with E-state index in [-0.39, 0.29) is 11.6 Å². The molecule has 0 aliphatic rings. The van der Waals surface area contributed by atoms with Crippen LogP contribution in [-0.4, -0.2) is 11.8 Å². The zero-order chi connectivity index (χ0) is 19.2. The molecule has 0 aliphatic carbocycles. The molecule has 3 aromatic rings. The van der Waals surface area contributed by atoms with Gasteiger partial charge < -0.3 is 4.74 Å². The lowest BCUT2D eigenvalue weighted by Gasteiger charge is -2.05. The Kier molecular flexibility index (Phi) is 5.57. The summed E-state index contributed by atoms with van der Waals surface area (Å²) >= 11 is 0. The number of allylic oxidation sites excluding steroid dienone is 1. The SMILES string of the molecule is Cc1ccc(C(=O)Oc2ccc(C(=O)/C=C/c3ccccc3F)cc2)cc1. The highest BCUT2D eigenvalue weighted by molar-refractivity contribution is 6.06. The van der Waals surface area contributed by atoms with E-state index >= 15 is 0 Å². The second-order valence-electron chi connectivity index (χ2n) is 6.00. The molecule has 0 fully saturated rings. The Labute approximate surface area is 156 Å². The highest BCUT2D eigenvalue weighted by atomic mass is 19.1. The summed E-state index contributed by atoms with van der Waals surface area (Å²) in [6, 6.07) is 19.5. The number of halogens is 1. The Balaban J connectivity index is 1.66. The average molecular weight is 360 g/mol. The van der Waals surface area contributed by atoms with Gasteiger partial charge in [-0.05, 0) is 61.5 Å². The fourth-order valence-corrected chi connectivity index (χ4v) is 2.41. The fourth-order valence-electron chi connectivity index (χ4n) is 2.41. The Bertz CT molecular complexity index is 987. The fraction of sp³-hybridized carbons (Fsp3) is 0.0435. The van der Waals surface area contributed by atoms with Crippen LogP contribution in [0.5, 0.6) is 5.75 Å². The summed E-state index contributed by atoms with van der Waals surface area (Å²) in [6.45, 7) is 1.94. The van der Waals surface area contributed by atoms with Crippen LogP contribution in [0, 0.1) is 12.7 Å². The molecule has 0 bridgehead atoms. The van der Waals surface area contributed by atoms with Crippen LogP contribution < -0.4 is 4.74 Å². The Morgan fingerprint density at radius 2 is 1.48 bits per heavy atom. The molecule has 0 atom stereocenters. The van der Waals surface area contributed by atoms with Crippen molar-refractivity contribution in [3.8, 4) is 5.75 Å². The molecule has 0 saturated heterocycles. The maximum Gasteiger partial charge on any atom is 0.343 e. The number of carbonyl (C=O) groups is 2. The molecule has 134 valence electrons. The van der Waals surface area contributed by atoms with Crippen molar-refractivity contribution in [2.24, 2.45) is 0 Å². The van der Waals surface area contributed by atoms with Gasteiger partial charge in [0.2, 0.25) is 0 Å². The van der Waals surface area contributed by atoms with Crippen LogP contribution in [0.3, 0.4) is 0 Å². The van der Waals surface area contributed by atoms with Gasteiger partial charge in [-0.2, -0.15) is 0 Å². The number of hydrogen-bond donors (Lipinski definition) is 0. The maximum absolute atomic E-state index is 13.6. The maximum atomic E-state index is 13.6. The number of rotatable bonds is 5. The van der Waals surface area contributed by atoms with E-state index in [2.05, 4.69) is 0 Å². The van der Waals surface area contributed by atoms with Crippen molar-refractivity contribution < 1.29 is 18.7 Å². The lowest BCUT2D eigenvalue weighted by atomic mass is 10.1. The molecule has 0 unspecified atom stereocenters. The molecule has 4 heteroatoms. The van der Waals surface area contributed by atoms with Gasteiger partial charge in [-0.15, -0.1) is 0 Å². The summed E-state index contributed by atoms with van der Waals surface area (Å²) < 4.78 is 18.9. The Morgan fingerprint density at radius 1 is 0.852 bits per heavy atom. The van der Waals surface area contributed by atoms with Gasteiger partial charge in [0.1, 0.15) is 11.6 Å². The number of benzene rings is 3. The topological polar surface area (TPSA) is 43.4 Å². The number of ketones is 1. The van der Waals surface area contributed by atoms with E-state index in [1.165, 1.54) is 18.2 Å². The van der Waals surface area contributed by atoms with E-state index in [1.54, 1.807) is 54.6 Å². The normalized spacial score (nSPS) is 10.7. The van der Waals surface area contributed by atoms with Crippen LogP contribution in [0.1, 0.15) is 31.8 Å². The molecular weight excluding hydrogens is 343 g/mol. The van der Waals surface area contributed by atoms with Crippen molar-refractivity contribution in [2.75, 3.05) is 0 Å². The van der Waals surface area contributed by atoms with Gasteiger partial charge in [-0.3, -0.25) is 4.79 Å². The van der Waals surface area contributed by atoms with Crippen LogP contribution >= 0.6 is 0 Å². The first-order chi connectivity index (χ1) is 13.0. The minimum atomic E-state index is -0.464. The third-order valence-corrected chi connectivity index (χ3v) is 3.96. The summed E-state index contributed by atoms with van der Waals surface area (Å²) in [5.74, 6) is -0.779. The molecule has 3 aromatic carbocycles. The third kappa shape index (κ3) is 4.76. The van der Waals surface area contributed by atoms with Crippen LogP contribution in [0.2, 0.25) is 0 Å². The van der Waals surface area contributed by atoms with E-state index in [4.69, 9.17) is 4.74 Å². The summed E-state index contributed by atoms with van der Waals surface area (Å²) in [5.41, 5.74) is 2.26. The first-order valence-corrected chi connectivity index (χ1v) is 8.39. The molecule has 0 heterocycles. The lowest BCUT2D eigenvalue weighted by Crippen LogP contribution is -2.08. The van der Waals surface area contributed by atoms with Gasteiger partial charge >= 0.3 is 5.97 Å². The zero-order valence-electron chi connectivity index (χ0n) is 14.7. The van der Waals surface area contributed by atoms with Gasteiger partial charge in [0.25, 0.3) is 0 Å². The van der Waals surface area contributed by atoms with Crippen LogP contribution in [-0.2, 0) is 0 Å². The summed E-state index contributed by atoms with van der Waals surface area (Å²) in [7, 11) is 0. The monoisotopic (exact) mass is 360 g/mol. The molecule has 0 aromatic heterocycles. The molecule has 3 nitrogen and oxygen atoms in total. The molecule has 27 heavy (non-hydrogen) atoms. The van der Waals surface area contributed by atoms with Crippen molar-refractivity contribution in [1.82, 2.24) is 0 Å². The smallest absolute Gasteiger partial charge is 0.343 e. The van der Waals surface area contributed by atoms with Crippen LogP contribution in [0.25, 0.3) is 6.08 Å². The Hall–Kier alpha value is -3.53. The molecule has 0 aliphatic heterocycles. The molecule has 3 rings (SSSR count). The largest absolute Gasteiger partial charge is 0.423 e. The third-order valence-electron chi connectivity index (χ3n) is 3.96. The summed E-state index contributed by atoms with van der Waals surface area (Å²) in [5, 5.41) is 0. The van der Waals surface area contributed by atoms with Gasteiger partial charge in [-0.25, -0.2) is 9.18 Å². The quantitative estimate of drug-likeness (QED) is 0.270. The number of esters is 1.